The molecule has 0 amide bonds. The molecule has 1 aliphatic heterocycles. The summed E-state index contributed by atoms with van der Waals surface area (Å²) in [6, 6.07) is 0.604. The predicted octanol–water partition coefficient (Wildman–Crippen LogP) is 0.0174. The number of rotatable bonds is 1. The molecule has 1 unspecified atom stereocenters. The molecule has 3 heteroatoms. The summed E-state index contributed by atoms with van der Waals surface area (Å²) in [6.07, 6.45) is 0. The Morgan fingerprint density at radius 1 is 1.50 bits per heavy atom. The molecule has 12 heavy (non-hydrogen) atoms. The third-order valence-corrected chi connectivity index (χ3v) is 2.40. The molecule has 1 heterocycles. The molecular formula is C9H21N3. The summed E-state index contributed by atoms with van der Waals surface area (Å²) in [4.78, 5) is 2.43. The normalized spacial score (nSPS) is 33.8. The number of hydrogen-bond donors (Lipinski definition) is 2. The zero-order valence-electron chi connectivity index (χ0n) is 8.43. The molecule has 1 atom stereocenters. The van der Waals surface area contributed by atoms with Gasteiger partial charge >= 0.3 is 0 Å². The number of nitrogens with one attached hydrogen (secondary N) is 1. The van der Waals surface area contributed by atoms with Gasteiger partial charge in [0, 0.05) is 37.8 Å². The number of nitrogens with two attached hydrogens (primary N) is 1. The summed E-state index contributed by atoms with van der Waals surface area (Å²) in [5.41, 5.74) is 6.03. The lowest BCUT2D eigenvalue weighted by Crippen LogP contribution is -2.52. The second-order valence-electron chi connectivity index (χ2n) is 4.40. The standard InChI is InChI=1S/C9H21N3/c1-8(2)12-5-4-11-6-9(3,10)7-12/h8,11H,4-7,10H2,1-3H3. The van der Waals surface area contributed by atoms with Crippen LogP contribution in [0.4, 0.5) is 0 Å². The van der Waals surface area contributed by atoms with Crippen LogP contribution in [-0.2, 0) is 0 Å². The van der Waals surface area contributed by atoms with E-state index in [1.165, 1.54) is 0 Å². The molecule has 3 nitrogen and oxygen atoms in total. The Balaban J connectivity index is 2.54. The molecule has 0 spiro atoms. The summed E-state index contributed by atoms with van der Waals surface area (Å²) in [5.74, 6) is 0. The van der Waals surface area contributed by atoms with Gasteiger partial charge in [0.2, 0.25) is 0 Å². The SMILES string of the molecule is CC(C)N1CCNCC(C)(N)C1. The Kier molecular flexibility index (Phi) is 3.09. The van der Waals surface area contributed by atoms with Gasteiger partial charge in [-0.25, -0.2) is 0 Å². The van der Waals surface area contributed by atoms with Crippen LogP contribution in [0.25, 0.3) is 0 Å². The summed E-state index contributed by atoms with van der Waals surface area (Å²) >= 11 is 0. The molecule has 1 saturated heterocycles. The Hall–Kier alpha value is -0.120. The van der Waals surface area contributed by atoms with Crippen molar-refractivity contribution >= 4 is 0 Å². The van der Waals surface area contributed by atoms with Crippen molar-refractivity contribution in [3.63, 3.8) is 0 Å². The molecular weight excluding hydrogens is 150 g/mol. The van der Waals surface area contributed by atoms with Gasteiger partial charge in [0.1, 0.15) is 0 Å². The van der Waals surface area contributed by atoms with Crippen molar-refractivity contribution in [1.29, 1.82) is 0 Å². The van der Waals surface area contributed by atoms with Gasteiger partial charge in [-0.1, -0.05) is 0 Å². The highest BCUT2D eigenvalue weighted by molar-refractivity contribution is 4.88. The monoisotopic (exact) mass is 171 g/mol. The highest BCUT2D eigenvalue weighted by Crippen LogP contribution is 2.08. The minimum Gasteiger partial charge on any atom is -0.323 e. The first kappa shape index (κ1) is 9.96. The Morgan fingerprint density at radius 3 is 2.75 bits per heavy atom. The van der Waals surface area contributed by atoms with E-state index in [4.69, 9.17) is 5.73 Å². The molecule has 0 aliphatic carbocycles. The number of hydrogen-bond acceptors (Lipinski definition) is 3. The summed E-state index contributed by atoms with van der Waals surface area (Å²) in [5, 5.41) is 3.36. The molecule has 3 N–H and O–H groups in total. The summed E-state index contributed by atoms with van der Waals surface area (Å²) < 4.78 is 0. The van der Waals surface area contributed by atoms with E-state index >= 15 is 0 Å². The van der Waals surface area contributed by atoms with Crippen LogP contribution < -0.4 is 11.1 Å². The molecule has 72 valence electrons. The second kappa shape index (κ2) is 3.73. The van der Waals surface area contributed by atoms with Gasteiger partial charge in [0.15, 0.2) is 0 Å². The molecule has 1 aliphatic rings. The van der Waals surface area contributed by atoms with E-state index in [1.807, 2.05) is 0 Å². The van der Waals surface area contributed by atoms with Gasteiger partial charge < -0.3 is 11.1 Å². The fourth-order valence-corrected chi connectivity index (χ4v) is 1.64. The van der Waals surface area contributed by atoms with Crippen molar-refractivity contribution in [2.24, 2.45) is 5.73 Å². The van der Waals surface area contributed by atoms with Crippen LogP contribution >= 0.6 is 0 Å². The molecule has 0 aromatic carbocycles. The van der Waals surface area contributed by atoms with Gasteiger partial charge in [-0.3, -0.25) is 4.90 Å². The lowest BCUT2D eigenvalue weighted by Gasteiger charge is -2.31. The minimum atomic E-state index is -0.0687. The van der Waals surface area contributed by atoms with E-state index in [-0.39, 0.29) is 5.54 Å². The molecule has 0 aromatic heterocycles. The Labute approximate surface area is 75.3 Å². The van der Waals surface area contributed by atoms with E-state index in [1.54, 1.807) is 0 Å². The average Bonchev–Trinajstić information content (AvgIpc) is 2.10. The lowest BCUT2D eigenvalue weighted by molar-refractivity contribution is 0.200. The largest absolute Gasteiger partial charge is 0.323 e. The van der Waals surface area contributed by atoms with E-state index in [0.29, 0.717) is 6.04 Å². The summed E-state index contributed by atoms with van der Waals surface area (Å²) in [6.45, 7) is 10.7. The van der Waals surface area contributed by atoms with Crippen molar-refractivity contribution in [1.82, 2.24) is 10.2 Å². The molecule has 0 bridgehead atoms. The van der Waals surface area contributed by atoms with Crippen molar-refractivity contribution in [3.05, 3.63) is 0 Å². The highest BCUT2D eigenvalue weighted by atomic mass is 15.2. The zero-order chi connectivity index (χ0) is 9.19. The van der Waals surface area contributed by atoms with E-state index in [0.717, 1.165) is 26.2 Å². The van der Waals surface area contributed by atoms with Gasteiger partial charge in [-0.15, -0.1) is 0 Å². The van der Waals surface area contributed by atoms with Crippen LogP contribution in [0.15, 0.2) is 0 Å². The smallest absolute Gasteiger partial charge is 0.0381 e. The molecule has 0 radical (unpaired) electrons. The maximum Gasteiger partial charge on any atom is 0.0381 e. The zero-order valence-corrected chi connectivity index (χ0v) is 8.43. The minimum absolute atomic E-state index is 0.0687. The molecule has 0 saturated carbocycles. The van der Waals surface area contributed by atoms with Crippen LogP contribution in [0.2, 0.25) is 0 Å². The van der Waals surface area contributed by atoms with Gasteiger partial charge in [0.05, 0.1) is 0 Å². The predicted molar refractivity (Wildman–Crippen MR) is 52.2 cm³/mol. The van der Waals surface area contributed by atoms with Gasteiger partial charge in [-0.05, 0) is 20.8 Å². The molecule has 1 fully saturated rings. The third kappa shape index (κ3) is 2.73. The Bertz CT molecular complexity index is 143. The number of nitrogens with zero attached hydrogens (tertiary/aromatic N) is 1. The first-order chi connectivity index (χ1) is 5.51. The van der Waals surface area contributed by atoms with Crippen molar-refractivity contribution in [2.75, 3.05) is 26.2 Å². The van der Waals surface area contributed by atoms with E-state index in [2.05, 4.69) is 31.0 Å². The van der Waals surface area contributed by atoms with E-state index in [9.17, 15) is 0 Å². The Morgan fingerprint density at radius 2 is 2.17 bits per heavy atom. The van der Waals surface area contributed by atoms with Crippen molar-refractivity contribution < 1.29 is 0 Å². The molecule has 0 aromatic rings. The van der Waals surface area contributed by atoms with Crippen molar-refractivity contribution in [3.8, 4) is 0 Å². The average molecular weight is 171 g/mol. The van der Waals surface area contributed by atoms with E-state index < -0.39 is 0 Å². The van der Waals surface area contributed by atoms with Crippen LogP contribution in [0, 0.1) is 0 Å². The second-order valence-corrected chi connectivity index (χ2v) is 4.40. The van der Waals surface area contributed by atoms with Gasteiger partial charge in [-0.2, -0.15) is 0 Å². The third-order valence-electron chi connectivity index (χ3n) is 2.40. The maximum absolute atomic E-state index is 6.10. The topological polar surface area (TPSA) is 41.3 Å². The fourth-order valence-electron chi connectivity index (χ4n) is 1.64. The molecule has 1 rings (SSSR count). The van der Waals surface area contributed by atoms with Crippen LogP contribution in [0.3, 0.4) is 0 Å². The lowest BCUT2D eigenvalue weighted by atomic mass is 10.0. The quantitative estimate of drug-likeness (QED) is 0.584. The fraction of sp³-hybridized carbons (Fsp3) is 1.00. The van der Waals surface area contributed by atoms with Crippen LogP contribution in [0.1, 0.15) is 20.8 Å². The van der Waals surface area contributed by atoms with Crippen molar-refractivity contribution in [2.45, 2.75) is 32.4 Å². The van der Waals surface area contributed by atoms with Gasteiger partial charge in [0.25, 0.3) is 0 Å². The highest BCUT2D eigenvalue weighted by Gasteiger charge is 2.25. The maximum atomic E-state index is 6.10. The van der Waals surface area contributed by atoms with Crippen LogP contribution in [-0.4, -0.2) is 42.7 Å². The first-order valence-corrected chi connectivity index (χ1v) is 4.75. The van der Waals surface area contributed by atoms with Crippen LogP contribution in [0.5, 0.6) is 0 Å². The summed E-state index contributed by atoms with van der Waals surface area (Å²) in [7, 11) is 0. The first-order valence-electron chi connectivity index (χ1n) is 4.75.